The zero-order chi connectivity index (χ0) is 27.4. The third-order valence-electron chi connectivity index (χ3n) is 7.07. The number of sulfonamides is 1. The molecule has 1 aromatic carbocycles. The van der Waals surface area contributed by atoms with Crippen LogP contribution in [0.15, 0.2) is 35.4 Å². The van der Waals surface area contributed by atoms with Crippen LogP contribution in [0, 0.1) is 20.8 Å². The minimum absolute atomic E-state index is 0.0700. The van der Waals surface area contributed by atoms with Crippen molar-refractivity contribution >= 4 is 27.6 Å². The number of aromatic nitrogens is 3. The molecule has 4 rings (SSSR count). The van der Waals surface area contributed by atoms with Crippen LogP contribution in [-0.4, -0.2) is 66.5 Å². The predicted octanol–water partition coefficient (Wildman–Crippen LogP) is 3.37. The standard InChI is InChI=1S/C27H37N7O3S/c1-6-33(7-2)15-8-12-30-38(36,37)23-10-9-21(17-18(23)3)31-27-29-13-11-22(32-27)24-19(4)25-26(35)28-14-16-34(25)20(24)5/h9-11,13,17,30H,6-8,12,14-16H2,1-5H3,(H,28,35)(H,29,31,32). The van der Waals surface area contributed by atoms with Gasteiger partial charge in [0.1, 0.15) is 5.69 Å². The van der Waals surface area contributed by atoms with Gasteiger partial charge in [-0.05, 0) is 82.2 Å². The first kappa shape index (κ1) is 27.7. The summed E-state index contributed by atoms with van der Waals surface area (Å²) in [6, 6.07) is 6.92. The molecular weight excluding hydrogens is 502 g/mol. The first-order valence-electron chi connectivity index (χ1n) is 13.1. The summed E-state index contributed by atoms with van der Waals surface area (Å²) in [5, 5.41) is 6.10. The number of nitrogens with one attached hydrogen (secondary N) is 3. The normalized spacial score (nSPS) is 13.5. The number of nitrogens with zero attached hydrogens (tertiary/aromatic N) is 4. The van der Waals surface area contributed by atoms with E-state index in [2.05, 4.69) is 39.1 Å². The highest BCUT2D eigenvalue weighted by molar-refractivity contribution is 7.89. The Morgan fingerprint density at radius 2 is 1.89 bits per heavy atom. The summed E-state index contributed by atoms with van der Waals surface area (Å²) >= 11 is 0. The summed E-state index contributed by atoms with van der Waals surface area (Å²) in [6.45, 7) is 14.4. The number of rotatable bonds is 11. The molecule has 10 nitrogen and oxygen atoms in total. The van der Waals surface area contributed by atoms with Gasteiger partial charge in [0.15, 0.2) is 0 Å². The van der Waals surface area contributed by atoms with Crippen LogP contribution in [0.1, 0.15) is 47.6 Å². The van der Waals surface area contributed by atoms with Crippen LogP contribution in [0.4, 0.5) is 11.6 Å². The fraction of sp³-hybridized carbons (Fsp3) is 0.444. The third-order valence-corrected chi connectivity index (χ3v) is 8.69. The SMILES string of the molecule is CCN(CC)CCCNS(=O)(=O)c1ccc(Nc2nccc(-c3c(C)c4n(c3C)CCNC4=O)n2)cc1C. The predicted molar refractivity (Wildman–Crippen MR) is 149 cm³/mol. The molecule has 11 heteroatoms. The molecule has 1 aliphatic heterocycles. The van der Waals surface area contributed by atoms with Crippen molar-refractivity contribution in [2.75, 3.05) is 38.0 Å². The van der Waals surface area contributed by atoms with E-state index >= 15 is 0 Å². The van der Waals surface area contributed by atoms with Crippen molar-refractivity contribution in [2.24, 2.45) is 0 Å². The van der Waals surface area contributed by atoms with Crippen LogP contribution >= 0.6 is 0 Å². The molecule has 0 radical (unpaired) electrons. The van der Waals surface area contributed by atoms with Crippen LogP contribution in [0.2, 0.25) is 0 Å². The lowest BCUT2D eigenvalue weighted by Crippen LogP contribution is -2.35. The maximum absolute atomic E-state index is 12.9. The van der Waals surface area contributed by atoms with Gasteiger partial charge in [0.2, 0.25) is 16.0 Å². The molecule has 0 bridgehead atoms. The Morgan fingerprint density at radius 1 is 1.13 bits per heavy atom. The Morgan fingerprint density at radius 3 is 2.58 bits per heavy atom. The quantitative estimate of drug-likeness (QED) is 0.320. The van der Waals surface area contributed by atoms with Gasteiger partial charge in [-0.1, -0.05) is 13.8 Å². The van der Waals surface area contributed by atoms with E-state index in [-0.39, 0.29) is 10.8 Å². The Hall–Kier alpha value is -3.28. The van der Waals surface area contributed by atoms with Crippen LogP contribution < -0.4 is 15.4 Å². The van der Waals surface area contributed by atoms with Gasteiger partial charge in [0, 0.05) is 42.8 Å². The minimum atomic E-state index is -3.61. The number of aryl methyl sites for hydroxylation is 1. The molecule has 3 N–H and O–H groups in total. The van der Waals surface area contributed by atoms with Gasteiger partial charge < -0.3 is 20.1 Å². The lowest BCUT2D eigenvalue weighted by Gasteiger charge is -2.18. The Kier molecular flexibility index (Phi) is 8.49. The fourth-order valence-electron chi connectivity index (χ4n) is 5.05. The summed E-state index contributed by atoms with van der Waals surface area (Å²) < 4.78 is 30.5. The molecule has 3 heterocycles. The molecule has 0 spiro atoms. The summed E-state index contributed by atoms with van der Waals surface area (Å²) in [5.41, 5.74) is 5.51. The highest BCUT2D eigenvalue weighted by Crippen LogP contribution is 2.32. The van der Waals surface area contributed by atoms with Gasteiger partial charge in [-0.25, -0.2) is 23.1 Å². The van der Waals surface area contributed by atoms with E-state index < -0.39 is 10.0 Å². The zero-order valence-electron chi connectivity index (χ0n) is 22.8. The number of hydrogen-bond donors (Lipinski definition) is 3. The van der Waals surface area contributed by atoms with Crippen molar-refractivity contribution in [1.82, 2.24) is 29.5 Å². The van der Waals surface area contributed by atoms with Crippen LogP contribution in [0.5, 0.6) is 0 Å². The number of benzene rings is 1. The molecule has 204 valence electrons. The van der Waals surface area contributed by atoms with E-state index in [9.17, 15) is 13.2 Å². The molecule has 0 unspecified atom stereocenters. The molecule has 0 atom stereocenters. The number of carbonyl (C=O) groups is 1. The lowest BCUT2D eigenvalue weighted by molar-refractivity contribution is 0.0926. The summed E-state index contributed by atoms with van der Waals surface area (Å²) in [5.74, 6) is 0.318. The summed E-state index contributed by atoms with van der Waals surface area (Å²) in [6.07, 6.45) is 2.43. The smallest absolute Gasteiger partial charge is 0.268 e. The largest absolute Gasteiger partial charge is 0.349 e. The number of amides is 1. The second kappa shape index (κ2) is 11.6. The van der Waals surface area contributed by atoms with Gasteiger partial charge in [-0.3, -0.25) is 4.79 Å². The Bertz CT molecular complexity index is 1430. The van der Waals surface area contributed by atoms with Crippen LogP contribution in [0.25, 0.3) is 11.3 Å². The average molecular weight is 540 g/mol. The van der Waals surface area contributed by atoms with Crippen molar-refractivity contribution in [3.05, 3.63) is 53.0 Å². The molecular formula is C27H37N7O3S. The molecule has 0 saturated carbocycles. The van der Waals surface area contributed by atoms with E-state index in [4.69, 9.17) is 4.98 Å². The molecule has 1 amide bonds. The van der Waals surface area contributed by atoms with E-state index in [1.807, 2.05) is 24.5 Å². The van der Waals surface area contributed by atoms with Crippen molar-refractivity contribution in [1.29, 1.82) is 0 Å². The Balaban J connectivity index is 1.49. The Labute approximate surface area is 224 Å². The third kappa shape index (κ3) is 5.74. The maximum Gasteiger partial charge on any atom is 0.268 e. The monoisotopic (exact) mass is 539 g/mol. The van der Waals surface area contributed by atoms with Crippen molar-refractivity contribution < 1.29 is 13.2 Å². The highest BCUT2D eigenvalue weighted by Gasteiger charge is 2.26. The minimum Gasteiger partial charge on any atom is -0.349 e. The highest BCUT2D eigenvalue weighted by atomic mass is 32.2. The van der Waals surface area contributed by atoms with Crippen molar-refractivity contribution in [3.63, 3.8) is 0 Å². The summed E-state index contributed by atoms with van der Waals surface area (Å²) in [7, 11) is -3.61. The molecule has 38 heavy (non-hydrogen) atoms. The fourth-order valence-corrected chi connectivity index (χ4v) is 6.35. The van der Waals surface area contributed by atoms with Crippen LogP contribution in [0.3, 0.4) is 0 Å². The van der Waals surface area contributed by atoms with Crippen molar-refractivity contribution in [2.45, 2.75) is 52.5 Å². The average Bonchev–Trinajstić information content (AvgIpc) is 3.14. The molecule has 2 aromatic heterocycles. The molecule has 0 fully saturated rings. The van der Waals surface area contributed by atoms with E-state index in [0.717, 1.165) is 55.1 Å². The van der Waals surface area contributed by atoms with Gasteiger partial charge in [0.05, 0.1) is 10.6 Å². The van der Waals surface area contributed by atoms with Crippen molar-refractivity contribution in [3.8, 4) is 11.3 Å². The number of hydrogen-bond acceptors (Lipinski definition) is 7. The molecule has 0 aliphatic carbocycles. The first-order chi connectivity index (χ1) is 18.2. The zero-order valence-corrected chi connectivity index (χ0v) is 23.6. The first-order valence-corrected chi connectivity index (χ1v) is 14.6. The topological polar surface area (TPSA) is 121 Å². The van der Waals surface area contributed by atoms with Gasteiger partial charge in [-0.2, -0.15) is 0 Å². The number of fused-ring (bicyclic) bond motifs is 1. The molecule has 0 saturated heterocycles. The van der Waals surface area contributed by atoms with Gasteiger partial charge >= 0.3 is 0 Å². The maximum atomic E-state index is 12.9. The van der Waals surface area contributed by atoms with E-state index in [0.29, 0.717) is 36.0 Å². The van der Waals surface area contributed by atoms with E-state index in [1.54, 1.807) is 31.3 Å². The second-order valence-electron chi connectivity index (χ2n) is 9.49. The molecule has 1 aliphatic rings. The second-order valence-corrected chi connectivity index (χ2v) is 11.2. The molecule has 3 aromatic rings. The van der Waals surface area contributed by atoms with E-state index in [1.165, 1.54) is 0 Å². The number of carbonyl (C=O) groups excluding carboxylic acids is 1. The number of anilines is 2. The van der Waals surface area contributed by atoms with Crippen LogP contribution in [-0.2, 0) is 16.6 Å². The van der Waals surface area contributed by atoms with Gasteiger partial charge in [0.25, 0.3) is 5.91 Å². The van der Waals surface area contributed by atoms with Gasteiger partial charge in [-0.15, -0.1) is 0 Å². The lowest BCUT2D eigenvalue weighted by atomic mass is 10.1. The summed E-state index contributed by atoms with van der Waals surface area (Å²) in [4.78, 5) is 24.0.